The fourth-order valence-corrected chi connectivity index (χ4v) is 3.47. The van der Waals surface area contributed by atoms with Crippen molar-refractivity contribution >= 4 is 15.9 Å². The lowest BCUT2D eigenvalue weighted by Gasteiger charge is -2.49. The predicted octanol–water partition coefficient (Wildman–Crippen LogP) is 4.90. The normalized spacial score (nSPS) is 27.1. The molecule has 1 aromatic carbocycles. The molecule has 0 spiro atoms. The van der Waals surface area contributed by atoms with Crippen LogP contribution in [0.2, 0.25) is 0 Å². The standard InChI is InChI=1S/C17H26BrN/c1-5-13-10-17(11-13,12-19-16(2,3)4)14-7-6-8-15(18)9-14/h6-9,13,19H,5,10-12H2,1-4H3. The molecule has 1 N–H and O–H groups in total. The van der Waals surface area contributed by atoms with Gasteiger partial charge in [-0.15, -0.1) is 0 Å². The van der Waals surface area contributed by atoms with Crippen LogP contribution in [0.5, 0.6) is 0 Å². The number of rotatable bonds is 4. The molecule has 1 fully saturated rings. The van der Waals surface area contributed by atoms with Crippen LogP contribution in [0.4, 0.5) is 0 Å². The van der Waals surface area contributed by atoms with Gasteiger partial charge in [0.25, 0.3) is 0 Å². The molecule has 1 saturated carbocycles. The number of halogens is 1. The Labute approximate surface area is 126 Å². The van der Waals surface area contributed by atoms with Crippen molar-refractivity contribution in [2.24, 2.45) is 5.92 Å². The molecular formula is C17H26BrN. The smallest absolute Gasteiger partial charge is 0.0178 e. The molecule has 0 unspecified atom stereocenters. The molecule has 106 valence electrons. The number of hydrogen-bond donors (Lipinski definition) is 1. The average molecular weight is 324 g/mol. The molecule has 0 radical (unpaired) electrons. The molecule has 1 aliphatic carbocycles. The zero-order valence-electron chi connectivity index (χ0n) is 12.6. The van der Waals surface area contributed by atoms with Crippen LogP contribution < -0.4 is 5.32 Å². The Bertz CT molecular complexity index is 427. The van der Waals surface area contributed by atoms with Crippen molar-refractivity contribution in [3.63, 3.8) is 0 Å². The minimum absolute atomic E-state index is 0.191. The first-order chi connectivity index (χ1) is 8.85. The van der Waals surface area contributed by atoms with Gasteiger partial charge in [-0.1, -0.05) is 41.4 Å². The van der Waals surface area contributed by atoms with Crippen molar-refractivity contribution in [2.45, 2.75) is 57.9 Å². The molecule has 0 atom stereocenters. The summed E-state index contributed by atoms with van der Waals surface area (Å²) >= 11 is 3.61. The highest BCUT2D eigenvalue weighted by Gasteiger charge is 2.44. The Morgan fingerprint density at radius 3 is 2.53 bits per heavy atom. The van der Waals surface area contributed by atoms with E-state index >= 15 is 0 Å². The first-order valence-electron chi connectivity index (χ1n) is 7.36. The maximum atomic E-state index is 3.71. The molecule has 0 amide bonds. The second-order valence-corrected chi connectivity index (χ2v) is 7.99. The number of benzene rings is 1. The molecule has 1 aromatic rings. The molecule has 0 heterocycles. The van der Waals surface area contributed by atoms with Gasteiger partial charge in [0.15, 0.2) is 0 Å². The van der Waals surface area contributed by atoms with Crippen LogP contribution in [-0.4, -0.2) is 12.1 Å². The van der Waals surface area contributed by atoms with E-state index in [9.17, 15) is 0 Å². The highest BCUT2D eigenvalue weighted by Crippen LogP contribution is 2.49. The third kappa shape index (κ3) is 3.61. The second kappa shape index (κ2) is 5.57. The van der Waals surface area contributed by atoms with E-state index in [1.165, 1.54) is 29.3 Å². The van der Waals surface area contributed by atoms with Gasteiger partial charge in [-0.3, -0.25) is 0 Å². The van der Waals surface area contributed by atoms with Crippen LogP contribution >= 0.6 is 15.9 Å². The van der Waals surface area contributed by atoms with Crippen molar-refractivity contribution < 1.29 is 0 Å². The number of hydrogen-bond acceptors (Lipinski definition) is 1. The van der Waals surface area contributed by atoms with Crippen molar-refractivity contribution in [2.75, 3.05) is 6.54 Å². The van der Waals surface area contributed by atoms with E-state index in [0.29, 0.717) is 5.41 Å². The van der Waals surface area contributed by atoms with Crippen LogP contribution in [0.15, 0.2) is 28.7 Å². The Kier molecular flexibility index (Phi) is 4.42. The molecule has 0 aromatic heterocycles. The fourth-order valence-electron chi connectivity index (χ4n) is 3.07. The van der Waals surface area contributed by atoms with Gasteiger partial charge in [0.1, 0.15) is 0 Å². The quantitative estimate of drug-likeness (QED) is 0.831. The fraction of sp³-hybridized carbons (Fsp3) is 0.647. The maximum Gasteiger partial charge on any atom is 0.0178 e. The number of nitrogens with one attached hydrogen (secondary N) is 1. The van der Waals surface area contributed by atoms with Gasteiger partial charge in [0, 0.05) is 22.0 Å². The van der Waals surface area contributed by atoms with Crippen molar-refractivity contribution in [1.29, 1.82) is 0 Å². The highest BCUT2D eigenvalue weighted by atomic mass is 79.9. The van der Waals surface area contributed by atoms with Gasteiger partial charge in [0.2, 0.25) is 0 Å². The van der Waals surface area contributed by atoms with E-state index in [-0.39, 0.29) is 5.54 Å². The van der Waals surface area contributed by atoms with Gasteiger partial charge in [-0.05, 0) is 57.2 Å². The molecule has 1 nitrogen and oxygen atoms in total. The Morgan fingerprint density at radius 2 is 2.00 bits per heavy atom. The molecule has 2 heteroatoms. The minimum Gasteiger partial charge on any atom is -0.311 e. The Hall–Kier alpha value is -0.340. The summed E-state index contributed by atoms with van der Waals surface area (Å²) in [5, 5.41) is 3.71. The van der Waals surface area contributed by atoms with E-state index in [1.54, 1.807) is 0 Å². The largest absolute Gasteiger partial charge is 0.311 e. The maximum absolute atomic E-state index is 3.71. The molecule has 0 aliphatic heterocycles. The van der Waals surface area contributed by atoms with E-state index in [4.69, 9.17) is 0 Å². The Morgan fingerprint density at radius 1 is 1.32 bits per heavy atom. The summed E-state index contributed by atoms with van der Waals surface area (Å²) in [6.07, 6.45) is 3.96. The average Bonchev–Trinajstić information content (AvgIpc) is 2.26. The zero-order chi connectivity index (χ0) is 14.1. The summed E-state index contributed by atoms with van der Waals surface area (Å²) in [7, 11) is 0. The van der Waals surface area contributed by atoms with Crippen molar-refractivity contribution in [3.8, 4) is 0 Å². The lowest BCUT2D eigenvalue weighted by molar-refractivity contribution is 0.124. The molecule has 0 bridgehead atoms. The third-order valence-electron chi connectivity index (χ3n) is 4.33. The highest BCUT2D eigenvalue weighted by molar-refractivity contribution is 9.10. The molecule has 2 rings (SSSR count). The summed E-state index contributed by atoms with van der Waals surface area (Å²) in [6, 6.07) is 8.87. The van der Waals surface area contributed by atoms with Gasteiger partial charge in [0.05, 0.1) is 0 Å². The first kappa shape index (κ1) is 15.1. The summed E-state index contributed by atoms with van der Waals surface area (Å²) < 4.78 is 1.19. The summed E-state index contributed by atoms with van der Waals surface area (Å²) in [5.74, 6) is 0.903. The summed E-state index contributed by atoms with van der Waals surface area (Å²) in [4.78, 5) is 0. The SMILES string of the molecule is CCC1CC(CNC(C)(C)C)(c2cccc(Br)c2)C1. The Balaban J connectivity index is 2.17. The third-order valence-corrected chi connectivity index (χ3v) is 4.82. The van der Waals surface area contributed by atoms with Gasteiger partial charge in [-0.2, -0.15) is 0 Å². The monoisotopic (exact) mass is 323 g/mol. The lowest BCUT2D eigenvalue weighted by atomic mass is 9.57. The van der Waals surface area contributed by atoms with Crippen LogP contribution in [0, 0.1) is 5.92 Å². The van der Waals surface area contributed by atoms with E-state index in [1.807, 2.05) is 0 Å². The van der Waals surface area contributed by atoms with Gasteiger partial charge in [-0.25, -0.2) is 0 Å². The minimum atomic E-state index is 0.191. The topological polar surface area (TPSA) is 12.0 Å². The van der Waals surface area contributed by atoms with Crippen LogP contribution in [-0.2, 0) is 5.41 Å². The summed E-state index contributed by atoms with van der Waals surface area (Å²) in [6.45, 7) is 10.1. The lowest BCUT2D eigenvalue weighted by Crippen LogP contribution is -2.52. The molecule has 0 saturated heterocycles. The van der Waals surface area contributed by atoms with Gasteiger partial charge < -0.3 is 5.32 Å². The van der Waals surface area contributed by atoms with E-state index in [2.05, 4.69) is 73.2 Å². The van der Waals surface area contributed by atoms with E-state index < -0.39 is 0 Å². The first-order valence-corrected chi connectivity index (χ1v) is 8.15. The van der Waals surface area contributed by atoms with Crippen molar-refractivity contribution in [3.05, 3.63) is 34.3 Å². The van der Waals surface area contributed by atoms with Crippen LogP contribution in [0.1, 0.15) is 52.5 Å². The van der Waals surface area contributed by atoms with Crippen molar-refractivity contribution in [1.82, 2.24) is 5.32 Å². The molecule has 1 aliphatic rings. The van der Waals surface area contributed by atoms with Crippen LogP contribution in [0.25, 0.3) is 0 Å². The van der Waals surface area contributed by atoms with E-state index in [0.717, 1.165) is 12.5 Å². The summed E-state index contributed by atoms with van der Waals surface area (Å²) in [5.41, 5.74) is 2.02. The van der Waals surface area contributed by atoms with Gasteiger partial charge >= 0.3 is 0 Å². The second-order valence-electron chi connectivity index (χ2n) is 7.08. The zero-order valence-corrected chi connectivity index (χ0v) is 14.2. The molecule has 19 heavy (non-hydrogen) atoms. The predicted molar refractivity (Wildman–Crippen MR) is 86.6 cm³/mol. The van der Waals surface area contributed by atoms with Crippen LogP contribution in [0.3, 0.4) is 0 Å². The molecular weight excluding hydrogens is 298 g/mol.